The van der Waals surface area contributed by atoms with E-state index in [4.69, 9.17) is 9.97 Å². The molecule has 3 heteroatoms. The minimum atomic E-state index is 0.735. The monoisotopic (exact) mass is 690 g/mol. The topological polar surface area (TPSA) is 25.8 Å². The summed E-state index contributed by atoms with van der Waals surface area (Å²) in [7, 11) is 0. The maximum atomic E-state index is 5.31. The summed E-state index contributed by atoms with van der Waals surface area (Å²) in [6.07, 6.45) is 0. The molecule has 11 rings (SSSR count). The van der Waals surface area contributed by atoms with Gasteiger partial charge in [-0.1, -0.05) is 164 Å². The van der Waals surface area contributed by atoms with Crippen molar-refractivity contribution in [3.8, 4) is 44.9 Å². The Balaban J connectivity index is 1.04. The predicted octanol–water partition coefficient (Wildman–Crippen LogP) is 14.1. The molecule has 0 aliphatic heterocycles. The van der Waals surface area contributed by atoms with Crippen molar-refractivity contribution >= 4 is 74.7 Å². The highest BCUT2D eigenvalue weighted by molar-refractivity contribution is 7.26. The van der Waals surface area contributed by atoms with Crippen molar-refractivity contribution in [3.05, 3.63) is 182 Å². The number of rotatable bonds is 4. The van der Waals surface area contributed by atoms with Crippen molar-refractivity contribution in [1.29, 1.82) is 0 Å². The first-order valence-electron chi connectivity index (χ1n) is 18.0. The van der Waals surface area contributed by atoms with E-state index in [2.05, 4.69) is 182 Å². The van der Waals surface area contributed by atoms with Crippen molar-refractivity contribution in [2.24, 2.45) is 0 Å². The van der Waals surface area contributed by atoms with Crippen LogP contribution in [0.25, 0.3) is 108 Å². The Morgan fingerprint density at radius 1 is 0.321 bits per heavy atom. The summed E-state index contributed by atoms with van der Waals surface area (Å²) in [6.45, 7) is 0. The predicted molar refractivity (Wildman–Crippen MR) is 227 cm³/mol. The van der Waals surface area contributed by atoms with Gasteiger partial charge in [-0.25, -0.2) is 9.97 Å². The fourth-order valence-electron chi connectivity index (χ4n) is 8.14. The van der Waals surface area contributed by atoms with Gasteiger partial charge in [-0.15, -0.1) is 11.3 Å². The van der Waals surface area contributed by atoms with E-state index in [1.165, 1.54) is 64.3 Å². The number of hydrogen-bond acceptors (Lipinski definition) is 3. The zero-order chi connectivity index (χ0) is 34.9. The second-order valence-electron chi connectivity index (χ2n) is 13.7. The van der Waals surface area contributed by atoms with Crippen LogP contribution >= 0.6 is 11.3 Å². The number of aromatic nitrogens is 2. The minimum Gasteiger partial charge on any atom is -0.227 e. The molecule has 0 N–H and O–H groups in total. The summed E-state index contributed by atoms with van der Waals surface area (Å²) in [6, 6.07) is 65.6. The summed E-state index contributed by atoms with van der Waals surface area (Å²) < 4.78 is 1.25. The summed E-state index contributed by atoms with van der Waals surface area (Å²) in [4.78, 5) is 11.6. The fraction of sp³-hybridized carbons (Fsp3) is 0. The molecule has 2 aromatic heterocycles. The third-order valence-electron chi connectivity index (χ3n) is 10.7. The molecule has 0 saturated heterocycles. The maximum absolute atomic E-state index is 5.31. The van der Waals surface area contributed by atoms with Crippen LogP contribution in [0.3, 0.4) is 0 Å². The molecule has 246 valence electrons. The van der Waals surface area contributed by atoms with Gasteiger partial charge in [0.1, 0.15) is 4.83 Å². The van der Waals surface area contributed by atoms with E-state index in [1.54, 1.807) is 11.3 Å². The minimum absolute atomic E-state index is 0.735. The molecular weight excluding hydrogens is 661 g/mol. The van der Waals surface area contributed by atoms with Crippen LogP contribution in [0, 0.1) is 0 Å². The smallest absolute Gasteiger partial charge is 0.161 e. The van der Waals surface area contributed by atoms with Gasteiger partial charge in [0.2, 0.25) is 0 Å². The van der Waals surface area contributed by atoms with Gasteiger partial charge in [0.15, 0.2) is 5.82 Å². The van der Waals surface area contributed by atoms with Crippen LogP contribution in [0.5, 0.6) is 0 Å². The molecule has 0 bridgehead atoms. The highest BCUT2D eigenvalue weighted by atomic mass is 32.1. The Bertz CT molecular complexity index is 3200. The van der Waals surface area contributed by atoms with Crippen LogP contribution in [0.2, 0.25) is 0 Å². The SMILES string of the molecule is c1ccc(-c2nc(-c3cccc(-c4cccc(-c5ccc6c7ccccc7c7ccccc7c6c5)c4)c3)nc3sc4c5ccccc5ccc4c23)cc1. The Morgan fingerprint density at radius 2 is 0.830 bits per heavy atom. The Hall–Kier alpha value is -6.68. The van der Waals surface area contributed by atoms with Crippen LogP contribution in [0.1, 0.15) is 0 Å². The molecule has 0 unspecified atom stereocenters. The van der Waals surface area contributed by atoms with Gasteiger partial charge in [0.05, 0.1) is 5.69 Å². The van der Waals surface area contributed by atoms with E-state index in [-0.39, 0.29) is 0 Å². The van der Waals surface area contributed by atoms with E-state index in [9.17, 15) is 0 Å². The fourth-order valence-corrected chi connectivity index (χ4v) is 9.35. The average Bonchev–Trinajstić information content (AvgIpc) is 3.63. The second kappa shape index (κ2) is 11.9. The summed E-state index contributed by atoms with van der Waals surface area (Å²) in [5.41, 5.74) is 7.74. The maximum Gasteiger partial charge on any atom is 0.161 e. The molecule has 9 aromatic carbocycles. The lowest BCUT2D eigenvalue weighted by atomic mass is 9.91. The van der Waals surface area contributed by atoms with Crippen molar-refractivity contribution in [2.45, 2.75) is 0 Å². The lowest BCUT2D eigenvalue weighted by Gasteiger charge is -2.13. The average molecular weight is 691 g/mol. The van der Waals surface area contributed by atoms with Gasteiger partial charge in [-0.3, -0.25) is 0 Å². The molecule has 2 nitrogen and oxygen atoms in total. The van der Waals surface area contributed by atoms with Gasteiger partial charge >= 0.3 is 0 Å². The lowest BCUT2D eigenvalue weighted by Crippen LogP contribution is -1.94. The lowest BCUT2D eigenvalue weighted by molar-refractivity contribution is 1.24. The molecule has 53 heavy (non-hydrogen) atoms. The number of fused-ring (bicyclic) bond motifs is 11. The molecular formula is C50H30N2S. The van der Waals surface area contributed by atoms with Gasteiger partial charge in [0, 0.05) is 26.6 Å². The third kappa shape index (κ3) is 4.86. The summed E-state index contributed by atoms with van der Waals surface area (Å²) in [5, 5.41) is 12.5. The highest BCUT2D eigenvalue weighted by Crippen LogP contribution is 2.43. The van der Waals surface area contributed by atoms with Crippen molar-refractivity contribution < 1.29 is 0 Å². The third-order valence-corrected chi connectivity index (χ3v) is 11.8. The van der Waals surface area contributed by atoms with Gasteiger partial charge < -0.3 is 0 Å². The van der Waals surface area contributed by atoms with Gasteiger partial charge in [0.25, 0.3) is 0 Å². The van der Waals surface area contributed by atoms with Crippen LogP contribution in [0.4, 0.5) is 0 Å². The quantitative estimate of drug-likeness (QED) is 0.172. The normalized spacial score (nSPS) is 11.8. The van der Waals surface area contributed by atoms with E-state index < -0.39 is 0 Å². The summed E-state index contributed by atoms with van der Waals surface area (Å²) in [5.74, 6) is 0.735. The first-order valence-corrected chi connectivity index (χ1v) is 18.8. The Labute approximate surface area is 310 Å². The van der Waals surface area contributed by atoms with Crippen LogP contribution in [0.15, 0.2) is 182 Å². The molecule has 0 atom stereocenters. The number of benzene rings is 9. The first kappa shape index (κ1) is 30.0. The van der Waals surface area contributed by atoms with Crippen molar-refractivity contribution in [2.75, 3.05) is 0 Å². The Kier molecular flexibility index (Phi) is 6.76. The van der Waals surface area contributed by atoms with Crippen LogP contribution in [-0.4, -0.2) is 9.97 Å². The second-order valence-corrected chi connectivity index (χ2v) is 14.7. The van der Waals surface area contributed by atoms with Crippen molar-refractivity contribution in [1.82, 2.24) is 9.97 Å². The zero-order valence-electron chi connectivity index (χ0n) is 28.6. The van der Waals surface area contributed by atoms with E-state index in [0.29, 0.717) is 0 Å². The van der Waals surface area contributed by atoms with Gasteiger partial charge in [-0.2, -0.15) is 0 Å². The standard InChI is InChI=1S/C50H30N2S/c1-2-13-32(14-3-1)47-46-44-27-24-31-12-4-5-19-38(31)48(44)53-50(46)52-49(51-47)37-18-11-17-35(29-37)33-15-10-16-34(28-33)36-25-26-43-41-22-7-6-20-39(41)40-21-8-9-23-42(40)45(43)30-36/h1-30H. The molecule has 2 heterocycles. The number of nitrogens with zero attached hydrogens (tertiary/aromatic N) is 2. The summed E-state index contributed by atoms with van der Waals surface area (Å²) >= 11 is 1.76. The van der Waals surface area contributed by atoms with Gasteiger partial charge in [-0.05, 0) is 83.5 Å². The molecule has 0 saturated carbocycles. The largest absolute Gasteiger partial charge is 0.227 e. The number of hydrogen-bond donors (Lipinski definition) is 0. The van der Waals surface area contributed by atoms with E-state index in [1.807, 2.05) is 0 Å². The molecule has 0 aliphatic rings. The van der Waals surface area contributed by atoms with E-state index >= 15 is 0 Å². The molecule has 0 amide bonds. The first-order chi connectivity index (χ1) is 26.3. The molecule has 11 aromatic rings. The molecule has 0 aliphatic carbocycles. The molecule has 0 radical (unpaired) electrons. The molecule has 0 fully saturated rings. The van der Waals surface area contributed by atoms with Crippen LogP contribution < -0.4 is 0 Å². The number of thiophene rings is 1. The molecule has 0 spiro atoms. The van der Waals surface area contributed by atoms with E-state index in [0.717, 1.165) is 44.0 Å². The van der Waals surface area contributed by atoms with Crippen LogP contribution in [-0.2, 0) is 0 Å². The Morgan fingerprint density at radius 3 is 1.53 bits per heavy atom. The van der Waals surface area contributed by atoms with Crippen molar-refractivity contribution in [3.63, 3.8) is 0 Å². The zero-order valence-corrected chi connectivity index (χ0v) is 29.4. The highest BCUT2D eigenvalue weighted by Gasteiger charge is 2.18.